The van der Waals surface area contributed by atoms with Crippen LogP contribution in [0.5, 0.6) is 0 Å². The molecule has 0 saturated carbocycles. The van der Waals surface area contributed by atoms with Crippen molar-refractivity contribution in [2.75, 3.05) is 26.2 Å². The van der Waals surface area contributed by atoms with Crippen LogP contribution in [-0.4, -0.2) is 79.3 Å². The molecule has 0 aliphatic carbocycles. The molecule has 4 heterocycles. The Morgan fingerprint density at radius 2 is 1.97 bits per heavy atom. The summed E-state index contributed by atoms with van der Waals surface area (Å²) < 4.78 is 0. The van der Waals surface area contributed by atoms with Gasteiger partial charge in [0.05, 0.1) is 17.8 Å². The van der Waals surface area contributed by atoms with Crippen LogP contribution in [-0.2, 0) is 11.2 Å². The minimum Gasteiger partial charge on any atom is -0.341 e. The number of amides is 1. The van der Waals surface area contributed by atoms with Crippen molar-refractivity contribution < 1.29 is 4.79 Å². The number of benzene rings is 1. The fourth-order valence-electron chi connectivity index (χ4n) is 5.41. The average Bonchev–Trinajstić information content (AvgIpc) is 3.51. The SMILES string of the molecule is Cc1cc(CC(N)C(=O)N2CCC(N3CCC(c4nnc[nH]4)CC3)CC2)cc2cn[nH]c12. The van der Waals surface area contributed by atoms with E-state index in [0.717, 1.165) is 79.7 Å². The molecule has 2 aliphatic heterocycles. The predicted octanol–water partition coefficient (Wildman–Crippen LogP) is 1.73. The molecule has 9 heteroatoms. The number of aryl methyl sites for hydroxylation is 1. The van der Waals surface area contributed by atoms with Crippen molar-refractivity contribution in [1.29, 1.82) is 0 Å². The molecule has 4 N–H and O–H groups in total. The van der Waals surface area contributed by atoms with E-state index in [1.165, 1.54) is 0 Å². The summed E-state index contributed by atoms with van der Waals surface area (Å²) in [4.78, 5) is 20.7. The van der Waals surface area contributed by atoms with Gasteiger partial charge in [-0.2, -0.15) is 5.10 Å². The van der Waals surface area contributed by atoms with Crippen LogP contribution in [0.25, 0.3) is 10.9 Å². The highest BCUT2D eigenvalue weighted by atomic mass is 16.2. The number of carbonyl (C=O) groups excluding carboxylic acids is 1. The molecule has 2 fully saturated rings. The van der Waals surface area contributed by atoms with Crippen LogP contribution < -0.4 is 5.73 Å². The van der Waals surface area contributed by atoms with Gasteiger partial charge in [0, 0.05) is 30.4 Å². The Morgan fingerprint density at radius 1 is 1.19 bits per heavy atom. The van der Waals surface area contributed by atoms with Crippen molar-refractivity contribution in [2.24, 2.45) is 5.73 Å². The zero-order valence-corrected chi connectivity index (χ0v) is 18.6. The van der Waals surface area contributed by atoms with Crippen LogP contribution in [0.2, 0.25) is 0 Å². The first kappa shape index (κ1) is 21.1. The second-order valence-corrected chi connectivity index (χ2v) is 9.30. The van der Waals surface area contributed by atoms with Gasteiger partial charge in [0.1, 0.15) is 12.2 Å². The Labute approximate surface area is 187 Å². The lowest BCUT2D eigenvalue weighted by Crippen LogP contribution is -2.52. The van der Waals surface area contributed by atoms with Gasteiger partial charge in [0.2, 0.25) is 5.91 Å². The van der Waals surface area contributed by atoms with Crippen molar-refractivity contribution in [1.82, 2.24) is 35.2 Å². The number of likely N-dealkylation sites (tertiary alicyclic amines) is 2. The maximum Gasteiger partial charge on any atom is 0.239 e. The second-order valence-electron chi connectivity index (χ2n) is 9.30. The van der Waals surface area contributed by atoms with E-state index in [9.17, 15) is 4.79 Å². The molecule has 2 aliphatic rings. The number of aromatic amines is 2. The van der Waals surface area contributed by atoms with Crippen LogP contribution in [0, 0.1) is 6.92 Å². The number of fused-ring (bicyclic) bond motifs is 1. The minimum atomic E-state index is -0.507. The summed E-state index contributed by atoms with van der Waals surface area (Å²) in [5.41, 5.74) is 9.60. The first-order valence-corrected chi connectivity index (χ1v) is 11.7. The number of H-pyrrole nitrogens is 2. The second kappa shape index (κ2) is 8.99. The Bertz CT molecular complexity index is 1050. The monoisotopic (exact) mass is 436 g/mol. The summed E-state index contributed by atoms with van der Waals surface area (Å²) >= 11 is 0. The molecule has 2 saturated heterocycles. The molecule has 5 rings (SSSR count). The highest BCUT2D eigenvalue weighted by Crippen LogP contribution is 2.28. The fraction of sp³-hybridized carbons (Fsp3) is 0.565. The van der Waals surface area contributed by atoms with E-state index < -0.39 is 6.04 Å². The van der Waals surface area contributed by atoms with Crippen molar-refractivity contribution >= 4 is 16.8 Å². The number of carbonyl (C=O) groups is 1. The van der Waals surface area contributed by atoms with E-state index in [1.54, 1.807) is 6.33 Å². The number of nitrogens with two attached hydrogens (primary N) is 1. The number of aromatic nitrogens is 5. The van der Waals surface area contributed by atoms with Gasteiger partial charge in [0.15, 0.2) is 0 Å². The summed E-state index contributed by atoms with van der Waals surface area (Å²) in [6.45, 7) is 5.80. The lowest BCUT2D eigenvalue weighted by molar-refractivity contribution is -0.134. The Hall–Kier alpha value is -2.78. The Balaban J connectivity index is 1.11. The first-order chi connectivity index (χ1) is 15.6. The minimum absolute atomic E-state index is 0.0671. The molecule has 0 spiro atoms. The lowest BCUT2D eigenvalue weighted by Gasteiger charge is -2.42. The van der Waals surface area contributed by atoms with E-state index in [2.05, 4.69) is 49.3 Å². The number of piperidine rings is 2. The van der Waals surface area contributed by atoms with Gasteiger partial charge < -0.3 is 20.5 Å². The normalized spacial score (nSPS) is 20.1. The molecule has 2 aromatic heterocycles. The van der Waals surface area contributed by atoms with E-state index in [-0.39, 0.29) is 5.91 Å². The van der Waals surface area contributed by atoms with Gasteiger partial charge in [0.25, 0.3) is 0 Å². The van der Waals surface area contributed by atoms with E-state index >= 15 is 0 Å². The quantitative estimate of drug-likeness (QED) is 0.560. The number of hydrogen-bond acceptors (Lipinski definition) is 6. The van der Waals surface area contributed by atoms with Crippen LogP contribution in [0.1, 0.15) is 48.6 Å². The maximum atomic E-state index is 13.0. The van der Waals surface area contributed by atoms with Gasteiger partial charge in [-0.3, -0.25) is 9.89 Å². The number of nitrogens with zero attached hydrogens (tertiary/aromatic N) is 5. The third-order valence-electron chi connectivity index (χ3n) is 7.22. The van der Waals surface area contributed by atoms with Crippen molar-refractivity contribution in [2.45, 2.75) is 57.0 Å². The molecular formula is C23H32N8O. The maximum absolute atomic E-state index is 13.0. The highest BCUT2D eigenvalue weighted by molar-refractivity contribution is 5.84. The van der Waals surface area contributed by atoms with Gasteiger partial charge in [-0.1, -0.05) is 6.07 Å². The molecule has 1 atom stereocenters. The van der Waals surface area contributed by atoms with Crippen LogP contribution in [0.15, 0.2) is 24.7 Å². The zero-order chi connectivity index (χ0) is 22.1. The van der Waals surface area contributed by atoms with E-state index in [0.29, 0.717) is 18.4 Å². The molecule has 32 heavy (non-hydrogen) atoms. The van der Waals surface area contributed by atoms with E-state index in [1.807, 2.05) is 11.1 Å². The standard InChI is InChI=1S/C23H32N8O/c1-15-10-16(11-18-13-26-28-21(15)18)12-20(24)23(32)31-8-4-19(5-9-31)30-6-2-17(3-7-30)22-25-14-27-29-22/h10-11,13-14,17,19-20H,2-9,12,24H2,1H3,(H,26,28)(H,25,27,29). The molecule has 170 valence electrons. The number of nitrogens with one attached hydrogen (secondary N) is 2. The average molecular weight is 437 g/mol. The number of hydrogen-bond donors (Lipinski definition) is 3. The van der Waals surface area contributed by atoms with Gasteiger partial charge in [-0.05, 0) is 69.3 Å². The van der Waals surface area contributed by atoms with Gasteiger partial charge >= 0.3 is 0 Å². The molecule has 1 amide bonds. The Morgan fingerprint density at radius 3 is 2.69 bits per heavy atom. The molecular weight excluding hydrogens is 404 g/mol. The van der Waals surface area contributed by atoms with Crippen molar-refractivity contribution in [3.63, 3.8) is 0 Å². The zero-order valence-electron chi connectivity index (χ0n) is 18.6. The Kier molecular flexibility index (Phi) is 5.93. The summed E-state index contributed by atoms with van der Waals surface area (Å²) in [6, 6.07) is 4.22. The van der Waals surface area contributed by atoms with Gasteiger partial charge in [-0.15, -0.1) is 10.2 Å². The molecule has 0 bridgehead atoms. The van der Waals surface area contributed by atoms with Crippen LogP contribution >= 0.6 is 0 Å². The molecule has 0 radical (unpaired) electrons. The topological polar surface area (TPSA) is 120 Å². The van der Waals surface area contributed by atoms with E-state index in [4.69, 9.17) is 5.73 Å². The summed E-state index contributed by atoms with van der Waals surface area (Å²) in [5, 5.41) is 16.3. The van der Waals surface area contributed by atoms with Crippen LogP contribution in [0.3, 0.4) is 0 Å². The lowest BCUT2D eigenvalue weighted by atomic mass is 9.92. The summed E-state index contributed by atoms with van der Waals surface area (Å²) in [5.74, 6) is 1.57. The van der Waals surface area contributed by atoms with Gasteiger partial charge in [-0.25, -0.2) is 0 Å². The molecule has 1 aromatic carbocycles. The highest BCUT2D eigenvalue weighted by Gasteiger charge is 2.32. The predicted molar refractivity (Wildman–Crippen MR) is 122 cm³/mol. The molecule has 3 aromatic rings. The summed E-state index contributed by atoms with van der Waals surface area (Å²) in [6.07, 6.45) is 8.29. The first-order valence-electron chi connectivity index (χ1n) is 11.7. The van der Waals surface area contributed by atoms with Crippen LogP contribution in [0.4, 0.5) is 0 Å². The summed E-state index contributed by atoms with van der Waals surface area (Å²) in [7, 11) is 0. The third kappa shape index (κ3) is 4.27. The molecule has 1 unspecified atom stereocenters. The fourth-order valence-corrected chi connectivity index (χ4v) is 5.41. The van der Waals surface area contributed by atoms with Crippen molar-refractivity contribution in [3.05, 3.63) is 41.6 Å². The number of rotatable bonds is 5. The molecule has 9 nitrogen and oxygen atoms in total. The largest absolute Gasteiger partial charge is 0.341 e. The van der Waals surface area contributed by atoms with Crippen molar-refractivity contribution in [3.8, 4) is 0 Å². The smallest absolute Gasteiger partial charge is 0.239 e. The third-order valence-corrected chi connectivity index (χ3v) is 7.22.